The molecule has 0 aromatic carbocycles. The van der Waals surface area contributed by atoms with Crippen LogP contribution >= 0.6 is 0 Å². The van der Waals surface area contributed by atoms with Gasteiger partial charge in [-0.15, -0.1) is 0 Å². The number of nitrogens with one attached hydrogen (secondary N) is 1. The van der Waals surface area contributed by atoms with Gasteiger partial charge in [0.15, 0.2) is 0 Å². The van der Waals surface area contributed by atoms with Crippen LogP contribution in [0.1, 0.15) is 26.2 Å². The summed E-state index contributed by atoms with van der Waals surface area (Å²) in [5.41, 5.74) is 2.83. The van der Waals surface area contributed by atoms with Crippen LogP contribution in [0.3, 0.4) is 0 Å². The lowest BCUT2D eigenvalue weighted by Crippen LogP contribution is -2.12. The molecule has 70 valence electrons. The molecule has 1 unspecified atom stereocenters. The van der Waals surface area contributed by atoms with Crippen molar-refractivity contribution >= 4 is 0 Å². The van der Waals surface area contributed by atoms with E-state index in [0.29, 0.717) is 5.92 Å². The highest BCUT2D eigenvalue weighted by Gasteiger charge is 2.08. The molecule has 13 heavy (non-hydrogen) atoms. The maximum Gasteiger partial charge on any atom is 0.0369 e. The fourth-order valence-corrected chi connectivity index (χ4v) is 1.83. The lowest BCUT2D eigenvalue weighted by atomic mass is 10.1. The van der Waals surface area contributed by atoms with E-state index in [1.807, 2.05) is 0 Å². The minimum absolute atomic E-state index is 0.578. The normalized spacial score (nSPS) is 27.6. The van der Waals surface area contributed by atoms with Gasteiger partial charge in [-0.1, -0.05) is 25.2 Å². The van der Waals surface area contributed by atoms with E-state index in [9.17, 15) is 0 Å². The molecule has 1 aliphatic heterocycles. The Morgan fingerprint density at radius 2 is 2.08 bits per heavy atom. The molecule has 1 heterocycles. The maximum atomic E-state index is 3.49. The number of rotatable bonds is 0. The van der Waals surface area contributed by atoms with Gasteiger partial charge in [0.1, 0.15) is 0 Å². The quantitative estimate of drug-likeness (QED) is 0.597. The summed E-state index contributed by atoms with van der Waals surface area (Å²) in [6, 6.07) is 0. The van der Waals surface area contributed by atoms with Crippen molar-refractivity contribution in [1.82, 2.24) is 5.32 Å². The van der Waals surface area contributed by atoms with Gasteiger partial charge in [-0.05, 0) is 36.8 Å². The summed E-state index contributed by atoms with van der Waals surface area (Å²) in [4.78, 5) is 0. The molecule has 0 saturated heterocycles. The van der Waals surface area contributed by atoms with E-state index in [4.69, 9.17) is 0 Å². The van der Waals surface area contributed by atoms with Crippen molar-refractivity contribution in [3.63, 3.8) is 0 Å². The highest BCUT2D eigenvalue weighted by Crippen LogP contribution is 2.21. The summed E-state index contributed by atoms with van der Waals surface area (Å²) in [5.74, 6) is 0.578. The summed E-state index contributed by atoms with van der Waals surface area (Å²) < 4.78 is 0. The first-order valence-corrected chi connectivity index (χ1v) is 5.20. The van der Waals surface area contributed by atoms with E-state index in [2.05, 4.69) is 36.5 Å². The fraction of sp³-hybridized carbons (Fsp3) is 0.500. The van der Waals surface area contributed by atoms with Crippen molar-refractivity contribution in [3.8, 4) is 0 Å². The molecular weight excluding hydrogens is 158 g/mol. The first kappa shape index (κ1) is 8.61. The minimum atomic E-state index is 0.578. The average molecular weight is 175 g/mol. The van der Waals surface area contributed by atoms with Gasteiger partial charge in [-0.2, -0.15) is 0 Å². The zero-order valence-corrected chi connectivity index (χ0v) is 8.22. The third kappa shape index (κ3) is 2.03. The molecule has 0 saturated carbocycles. The molecule has 0 amide bonds. The molecule has 1 aliphatic carbocycles. The second-order valence-corrected chi connectivity index (χ2v) is 3.90. The van der Waals surface area contributed by atoms with Gasteiger partial charge >= 0.3 is 0 Å². The van der Waals surface area contributed by atoms with E-state index >= 15 is 0 Å². The van der Waals surface area contributed by atoms with Crippen LogP contribution in [0.4, 0.5) is 0 Å². The molecule has 0 bridgehead atoms. The third-order valence-electron chi connectivity index (χ3n) is 2.70. The summed E-state index contributed by atoms with van der Waals surface area (Å²) in [7, 11) is 0. The molecule has 0 radical (unpaired) electrons. The second kappa shape index (κ2) is 3.82. The Labute approximate surface area is 80.2 Å². The van der Waals surface area contributed by atoms with Crippen molar-refractivity contribution in [2.24, 2.45) is 5.92 Å². The molecular formula is C12H17N. The Hall–Kier alpha value is -0.980. The highest BCUT2D eigenvalue weighted by atomic mass is 14.9. The van der Waals surface area contributed by atoms with Gasteiger partial charge in [0, 0.05) is 12.2 Å². The minimum Gasteiger partial charge on any atom is -0.385 e. The lowest BCUT2D eigenvalue weighted by molar-refractivity contribution is 0.719. The van der Waals surface area contributed by atoms with Crippen LogP contribution in [0.2, 0.25) is 0 Å². The van der Waals surface area contributed by atoms with Crippen LogP contribution in [0.15, 0.2) is 35.6 Å². The topological polar surface area (TPSA) is 12.0 Å². The van der Waals surface area contributed by atoms with Crippen molar-refractivity contribution < 1.29 is 0 Å². The van der Waals surface area contributed by atoms with Gasteiger partial charge in [0.2, 0.25) is 0 Å². The Kier molecular flexibility index (Phi) is 2.53. The molecule has 1 heteroatoms. The summed E-state index contributed by atoms with van der Waals surface area (Å²) in [6.45, 7) is 3.35. The summed E-state index contributed by atoms with van der Waals surface area (Å²) in [6.07, 6.45) is 12.9. The van der Waals surface area contributed by atoms with Crippen LogP contribution < -0.4 is 5.32 Å². The van der Waals surface area contributed by atoms with Crippen molar-refractivity contribution in [1.29, 1.82) is 0 Å². The highest BCUT2D eigenvalue weighted by molar-refractivity contribution is 5.36. The lowest BCUT2D eigenvalue weighted by Gasteiger charge is -2.05. The molecule has 1 atom stereocenters. The van der Waals surface area contributed by atoms with Gasteiger partial charge in [0.25, 0.3) is 0 Å². The van der Waals surface area contributed by atoms with Gasteiger partial charge in [0.05, 0.1) is 0 Å². The van der Waals surface area contributed by atoms with E-state index in [1.54, 1.807) is 0 Å². The smallest absolute Gasteiger partial charge is 0.0369 e. The predicted octanol–water partition coefficient (Wildman–Crippen LogP) is 2.78. The number of hydrogen-bond donors (Lipinski definition) is 1. The van der Waals surface area contributed by atoms with Crippen LogP contribution in [-0.2, 0) is 0 Å². The van der Waals surface area contributed by atoms with E-state index in [1.165, 1.54) is 30.5 Å². The first-order chi connectivity index (χ1) is 6.36. The average Bonchev–Trinajstić information content (AvgIpc) is 2.43. The molecule has 2 aliphatic rings. The zero-order chi connectivity index (χ0) is 9.10. The predicted molar refractivity (Wildman–Crippen MR) is 56.3 cm³/mol. The Morgan fingerprint density at radius 3 is 3.00 bits per heavy atom. The molecule has 0 aromatic rings. The fourth-order valence-electron chi connectivity index (χ4n) is 1.83. The van der Waals surface area contributed by atoms with Crippen LogP contribution in [0.25, 0.3) is 0 Å². The van der Waals surface area contributed by atoms with Crippen LogP contribution in [0, 0.1) is 5.92 Å². The van der Waals surface area contributed by atoms with Gasteiger partial charge in [-0.25, -0.2) is 0 Å². The first-order valence-electron chi connectivity index (χ1n) is 5.20. The Bertz CT molecular complexity index is 245. The van der Waals surface area contributed by atoms with Crippen LogP contribution in [-0.4, -0.2) is 6.54 Å². The molecule has 2 rings (SSSR count). The Morgan fingerprint density at radius 1 is 1.23 bits per heavy atom. The Balaban J connectivity index is 2.25. The molecule has 1 nitrogen and oxygen atoms in total. The summed E-state index contributed by atoms with van der Waals surface area (Å²) in [5, 5.41) is 3.49. The van der Waals surface area contributed by atoms with Gasteiger partial charge in [-0.3, -0.25) is 0 Å². The van der Waals surface area contributed by atoms with Crippen molar-refractivity contribution in [2.45, 2.75) is 26.2 Å². The van der Waals surface area contributed by atoms with Crippen molar-refractivity contribution in [3.05, 3.63) is 35.6 Å². The third-order valence-corrected chi connectivity index (χ3v) is 2.70. The van der Waals surface area contributed by atoms with E-state index in [-0.39, 0.29) is 0 Å². The molecule has 0 spiro atoms. The van der Waals surface area contributed by atoms with Crippen LogP contribution in [0.5, 0.6) is 0 Å². The SMILES string of the molecule is CC1C=CC2=C(C=C1)NCCCC2. The van der Waals surface area contributed by atoms with E-state index in [0.717, 1.165) is 6.54 Å². The number of allylic oxidation sites excluding steroid dienone is 5. The largest absolute Gasteiger partial charge is 0.385 e. The second-order valence-electron chi connectivity index (χ2n) is 3.90. The molecule has 0 aromatic heterocycles. The van der Waals surface area contributed by atoms with Crippen molar-refractivity contribution in [2.75, 3.05) is 6.54 Å². The zero-order valence-electron chi connectivity index (χ0n) is 8.22. The molecule has 1 N–H and O–H groups in total. The molecule has 0 fully saturated rings. The summed E-state index contributed by atoms with van der Waals surface area (Å²) >= 11 is 0. The van der Waals surface area contributed by atoms with E-state index < -0.39 is 0 Å². The number of hydrogen-bond acceptors (Lipinski definition) is 1. The monoisotopic (exact) mass is 175 g/mol. The standard InChI is InChI=1S/C12H17N/c1-10-5-7-11-4-2-3-9-13-12(11)8-6-10/h5-8,10,13H,2-4,9H2,1H3. The maximum absolute atomic E-state index is 3.49. The van der Waals surface area contributed by atoms with Gasteiger partial charge < -0.3 is 5.32 Å².